The van der Waals surface area contributed by atoms with Gasteiger partial charge in [-0.05, 0) is 55.7 Å². The summed E-state index contributed by atoms with van der Waals surface area (Å²) in [5.74, 6) is 1.97. The fourth-order valence-corrected chi connectivity index (χ4v) is 3.68. The monoisotopic (exact) mass is 391 g/mol. The number of hydrogen-bond donors (Lipinski definition) is 1. The van der Waals surface area contributed by atoms with Crippen LogP contribution in [-0.4, -0.2) is 28.7 Å². The van der Waals surface area contributed by atoms with Crippen molar-refractivity contribution in [2.24, 2.45) is 5.10 Å². The van der Waals surface area contributed by atoms with Crippen molar-refractivity contribution in [2.75, 3.05) is 17.5 Å². The van der Waals surface area contributed by atoms with Gasteiger partial charge >= 0.3 is 6.01 Å². The summed E-state index contributed by atoms with van der Waals surface area (Å²) in [5.41, 5.74) is 11.6. The summed E-state index contributed by atoms with van der Waals surface area (Å²) < 4.78 is 16.9. The van der Waals surface area contributed by atoms with Crippen LogP contribution in [0.25, 0.3) is 0 Å². The standard InChI is InChI=1S/C21H21N5O3/c1-11-6-14(4-5-17(11)22)20-16-9-19-18(27-10-28-19)8-15(16)7-12(2)26(25-20)21-24-23-13(3)29-21/h4-6,8-9,12H,7,10,22H2,1-3H3/t12-/m1/s1. The molecule has 0 aliphatic carbocycles. The molecule has 148 valence electrons. The third-order valence-corrected chi connectivity index (χ3v) is 5.25. The van der Waals surface area contributed by atoms with Gasteiger partial charge in [-0.3, -0.25) is 0 Å². The smallest absolute Gasteiger partial charge is 0.339 e. The van der Waals surface area contributed by atoms with Crippen molar-refractivity contribution in [3.05, 3.63) is 58.5 Å². The molecule has 0 bridgehead atoms. The first-order valence-corrected chi connectivity index (χ1v) is 9.47. The number of fused-ring (bicyclic) bond motifs is 2. The molecule has 29 heavy (non-hydrogen) atoms. The fourth-order valence-electron chi connectivity index (χ4n) is 3.68. The van der Waals surface area contributed by atoms with Crippen LogP contribution in [0.15, 0.2) is 39.9 Å². The lowest BCUT2D eigenvalue weighted by Crippen LogP contribution is -2.29. The largest absolute Gasteiger partial charge is 0.454 e. The van der Waals surface area contributed by atoms with Gasteiger partial charge in [0.1, 0.15) is 0 Å². The van der Waals surface area contributed by atoms with Crippen molar-refractivity contribution in [1.82, 2.24) is 10.2 Å². The van der Waals surface area contributed by atoms with Gasteiger partial charge in [0.25, 0.3) is 0 Å². The van der Waals surface area contributed by atoms with Crippen LogP contribution in [0.1, 0.15) is 35.1 Å². The Balaban J connectivity index is 1.72. The average molecular weight is 391 g/mol. The van der Waals surface area contributed by atoms with E-state index >= 15 is 0 Å². The molecule has 1 aromatic heterocycles. The molecule has 0 radical (unpaired) electrons. The van der Waals surface area contributed by atoms with Gasteiger partial charge < -0.3 is 19.6 Å². The molecule has 0 spiro atoms. The van der Waals surface area contributed by atoms with Gasteiger partial charge in [0.05, 0.1) is 11.8 Å². The zero-order valence-electron chi connectivity index (χ0n) is 16.5. The average Bonchev–Trinajstić information content (AvgIpc) is 3.29. The van der Waals surface area contributed by atoms with Gasteiger partial charge in [0, 0.05) is 23.7 Å². The highest BCUT2D eigenvalue weighted by atomic mass is 16.7. The van der Waals surface area contributed by atoms with E-state index in [2.05, 4.69) is 17.1 Å². The number of ether oxygens (including phenoxy) is 2. The number of aromatic nitrogens is 2. The Hall–Kier alpha value is -3.55. The molecule has 2 aliphatic rings. The number of hydrazone groups is 1. The molecule has 0 unspecified atom stereocenters. The van der Waals surface area contributed by atoms with Crippen LogP contribution < -0.4 is 20.2 Å². The Morgan fingerprint density at radius 2 is 1.86 bits per heavy atom. The molecule has 2 aliphatic heterocycles. The molecule has 5 rings (SSSR count). The highest BCUT2D eigenvalue weighted by Gasteiger charge is 2.29. The van der Waals surface area contributed by atoms with Crippen LogP contribution in [0.4, 0.5) is 11.7 Å². The van der Waals surface area contributed by atoms with Crippen LogP contribution in [0.2, 0.25) is 0 Å². The molecule has 0 saturated heterocycles. The summed E-state index contributed by atoms with van der Waals surface area (Å²) in [6, 6.07) is 10.3. The van der Waals surface area contributed by atoms with Crippen LogP contribution in [0.3, 0.4) is 0 Å². The number of anilines is 2. The molecule has 1 atom stereocenters. The van der Waals surface area contributed by atoms with E-state index in [0.717, 1.165) is 51.6 Å². The maximum Gasteiger partial charge on any atom is 0.339 e. The van der Waals surface area contributed by atoms with E-state index in [1.54, 1.807) is 11.9 Å². The molecular weight excluding hydrogens is 370 g/mol. The van der Waals surface area contributed by atoms with Crippen molar-refractivity contribution in [3.8, 4) is 11.5 Å². The van der Waals surface area contributed by atoms with E-state index in [9.17, 15) is 0 Å². The van der Waals surface area contributed by atoms with E-state index < -0.39 is 0 Å². The number of aryl methyl sites for hydroxylation is 2. The molecule has 0 fully saturated rings. The van der Waals surface area contributed by atoms with Crippen LogP contribution in [-0.2, 0) is 6.42 Å². The Morgan fingerprint density at radius 3 is 2.59 bits per heavy atom. The Labute approximate surface area is 167 Å². The minimum Gasteiger partial charge on any atom is -0.454 e. The molecule has 8 heteroatoms. The number of nitrogen functional groups attached to an aromatic ring is 1. The number of nitrogens with two attached hydrogens (primary N) is 1. The lowest BCUT2D eigenvalue weighted by Gasteiger charge is -2.20. The van der Waals surface area contributed by atoms with E-state index in [-0.39, 0.29) is 12.8 Å². The van der Waals surface area contributed by atoms with Crippen LogP contribution in [0.5, 0.6) is 11.5 Å². The Bertz CT molecular complexity index is 1140. The maximum absolute atomic E-state index is 6.04. The summed E-state index contributed by atoms with van der Waals surface area (Å²) in [7, 11) is 0. The summed E-state index contributed by atoms with van der Waals surface area (Å²) >= 11 is 0. The number of hydrogen-bond acceptors (Lipinski definition) is 8. The van der Waals surface area contributed by atoms with Gasteiger partial charge in [0.15, 0.2) is 11.5 Å². The summed E-state index contributed by atoms with van der Waals surface area (Å²) in [5, 5.41) is 14.9. The van der Waals surface area contributed by atoms with E-state index in [1.807, 2.05) is 37.3 Å². The summed E-state index contributed by atoms with van der Waals surface area (Å²) in [6.07, 6.45) is 0.731. The number of rotatable bonds is 2. The third-order valence-electron chi connectivity index (χ3n) is 5.25. The van der Waals surface area contributed by atoms with Crippen LogP contribution in [0, 0.1) is 13.8 Å². The fraction of sp³-hybridized carbons (Fsp3) is 0.286. The number of nitrogens with zero attached hydrogens (tertiary/aromatic N) is 4. The zero-order chi connectivity index (χ0) is 20.1. The van der Waals surface area contributed by atoms with Gasteiger partial charge in [-0.1, -0.05) is 11.2 Å². The molecule has 0 amide bonds. The summed E-state index contributed by atoms with van der Waals surface area (Å²) in [6.45, 7) is 6.06. The summed E-state index contributed by atoms with van der Waals surface area (Å²) in [4.78, 5) is 0. The minimum atomic E-state index is 0.00125. The molecule has 2 N–H and O–H groups in total. The van der Waals surface area contributed by atoms with E-state index in [4.69, 9.17) is 24.7 Å². The van der Waals surface area contributed by atoms with Gasteiger partial charge in [-0.15, -0.1) is 5.10 Å². The molecule has 8 nitrogen and oxygen atoms in total. The van der Waals surface area contributed by atoms with Gasteiger partial charge in [0.2, 0.25) is 12.7 Å². The second-order valence-corrected chi connectivity index (χ2v) is 7.38. The highest BCUT2D eigenvalue weighted by molar-refractivity contribution is 6.15. The van der Waals surface area contributed by atoms with Crippen molar-refractivity contribution in [3.63, 3.8) is 0 Å². The third kappa shape index (κ3) is 2.97. The second-order valence-electron chi connectivity index (χ2n) is 7.38. The van der Waals surface area contributed by atoms with E-state index in [1.165, 1.54) is 0 Å². The highest BCUT2D eigenvalue weighted by Crippen LogP contribution is 2.38. The SMILES string of the molecule is Cc1nnc(N2N=C(c3ccc(N)c(C)c3)c3cc4c(cc3C[C@H]2C)OCO4)o1. The molecule has 3 heterocycles. The molecular formula is C21H21N5O3. The predicted molar refractivity (Wildman–Crippen MR) is 108 cm³/mol. The topological polar surface area (TPSA) is 99.0 Å². The first-order valence-electron chi connectivity index (χ1n) is 9.47. The number of benzene rings is 2. The van der Waals surface area contributed by atoms with Crippen molar-refractivity contribution < 1.29 is 13.9 Å². The second kappa shape index (κ2) is 6.51. The quantitative estimate of drug-likeness (QED) is 0.670. The van der Waals surface area contributed by atoms with Gasteiger partial charge in [-0.2, -0.15) is 5.10 Å². The first-order chi connectivity index (χ1) is 14.0. The molecule has 3 aromatic rings. The van der Waals surface area contributed by atoms with Crippen molar-refractivity contribution in [1.29, 1.82) is 0 Å². The molecule has 2 aromatic carbocycles. The van der Waals surface area contributed by atoms with Gasteiger partial charge in [-0.25, -0.2) is 5.01 Å². The Kier molecular flexibility index (Phi) is 3.94. The lowest BCUT2D eigenvalue weighted by atomic mass is 9.93. The van der Waals surface area contributed by atoms with E-state index in [0.29, 0.717) is 11.9 Å². The lowest BCUT2D eigenvalue weighted by molar-refractivity contribution is 0.174. The first kappa shape index (κ1) is 17.5. The van der Waals surface area contributed by atoms with Crippen molar-refractivity contribution >= 4 is 17.4 Å². The predicted octanol–water partition coefficient (Wildman–Crippen LogP) is 3.20. The molecule has 0 saturated carbocycles. The maximum atomic E-state index is 6.04. The van der Waals surface area contributed by atoms with Crippen molar-refractivity contribution in [2.45, 2.75) is 33.2 Å². The normalized spacial score (nSPS) is 17.7. The Morgan fingerprint density at radius 1 is 1.07 bits per heavy atom. The van der Waals surface area contributed by atoms with Crippen LogP contribution >= 0.6 is 0 Å². The minimum absolute atomic E-state index is 0.00125. The zero-order valence-corrected chi connectivity index (χ0v) is 16.5.